The Balaban J connectivity index is 2.27. The summed E-state index contributed by atoms with van der Waals surface area (Å²) in [6, 6.07) is 0. The van der Waals surface area contributed by atoms with Crippen LogP contribution in [0, 0.1) is 11.8 Å². The number of nitrogens with two attached hydrogens (primary N) is 1. The van der Waals surface area contributed by atoms with Gasteiger partial charge in [-0.3, -0.25) is 0 Å². The first-order chi connectivity index (χ1) is 5.63. The SMILES string of the molecule is CC1CN(C[C@H](O)CN)CC1C. The molecule has 2 unspecified atom stereocenters. The van der Waals surface area contributed by atoms with Crippen LogP contribution in [0.15, 0.2) is 0 Å². The summed E-state index contributed by atoms with van der Waals surface area (Å²) in [6.45, 7) is 7.86. The van der Waals surface area contributed by atoms with Crippen LogP contribution in [0.25, 0.3) is 0 Å². The summed E-state index contributed by atoms with van der Waals surface area (Å²) >= 11 is 0. The number of nitrogens with zero attached hydrogens (tertiary/aromatic N) is 1. The predicted molar refractivity (Wildman–Crippen MR) is 49.8 cm³/mol. The molecule has 1 rings (SSSR count). The van der Waals surface area contributed by atoms with Gasteiger partial charge in [-0.25, -0.2) is 0 Å². The van der Waals surface area contributed by atoms with Crippen molar-refractivity contribution in [2.45, 2.75) is 20.0 Å². The van der Waals surface area contributed by atoms with Crippen molar-refractivity contribution >= 4 is 0 Å². The molecule has 0 aliphatic carbocycles. The van der Waals surface area contributed by atoms with E-state index in [9.17, 15) is 5.11 Å². The molecule has 3 nitrogen and oxygen atoms in total. The maximum atomic E-state index is 9.32. The molecule has 12 heavy (non-hydrogen) atoms. The smallest absolute Gasteiger partial charge is 0.0789 e. The van der Waals surface area contributed by atoms with Crippen molar-refractivity contribution in [3.05, 3.63) is 0 Å². The van der Waals surface area contributed by atoms with E-state index < -0.39 is 0 Å². The van der Waals surface area contributed by atoms with Crippen molar-refractivity contribution in [1.82, 2.24) is 4.90 Å². The Bertz CT molecular complexity index is 130. The van der Waals surface area contributed by atoms with Crippen LogP contribution in [-0.2, 0) is 0 Å². The van der Waals surface area contributed by atoms with E-state index in [1.165, 1.54) is 0 Å². The molecule has 0 bridgehead atoms. The zero-order chi connectivity index (χ0) is 9.14. The van der Waals surface area contributed by atoms with Crippen molar-refractivity contribution in [2.75, 3.05) is 26.2 Å². The number of β-amino-alcohol motifs (C(OH)–C–C–N with tert-alkyl or cyclic N) is 1. The molecule has 0 aromatic rings. The van der Waals surface area contributed by atoms with E-state index in [0.29, 0.717) is 6.54 Å². The van der Waals surface area contributed by atoms with Gasteiger partial charge in [0.15, 0.2) is 0 Å². The molecule has 1 fully saturated rings. The summed E-state index contributed by atoms with van der Waals surface area (Å²) in [5.74, 6) is 1.52. The van der Waals surface area contributed by atoms with Crippen molar-refractivity contribution in [2.24, 2.45) is 17.6 Å². The zero-order valence-electron chi connectivity index (χ0n) is 8.03. The normalized spacial score (nSPS) is 34.0. The first kappa shape index (κ1) is 9.96. The molecule has 1 aliphatic rings. The number of rotatable bonds is 3. The average molecular weight is 172 g/mol. The van der Waals surface area contributed by atoms with E-state index in [-0.39, 0.29) is 6.10 Å². The van der Waals surface area contributed by atoms with Crippen LogP contribution in [0.3, 0.4) is 0 Å². The van der Waals surface area contributed by atoms with Gasteiger partial charge in [-0.15, -0.1) is 0 Å². The first-order valence-corrected chi connectivity index (χ1v) is 4.74. The van der Waals surface area contributed by atoms with Gasteiger partial charge in [0.05, 0.1) is 6.10 Å². The summed E-state index contributed by atoms with van der Waals surface area (Å²) in [4.78, 5) is 2.30. The Hall–Kier alpha value is -0.120. The molecule has 0 saturated carbocycles. The van der Waals surface area contributed by atoms with Gasteiger partial charge in [0.2, 0.25) is 0 Å². The molecule has 0 radical (unpaired) electrons. The van der Waals surface area contributed by atoms with Gasteiger partial charge in [0.1, 0.15) is 0 Å². The topological polar surface area (TPSA) is 49.5 Å². The number of aliphatic hydroxyl groups is 1. The summed E-state index contributed by atoms with van der Waals surface area (Å²) in [6.07, 6.45) is -0.345. The van der Waals surface area contributed by atoms with E-state index in [0.717, 1.165) is 31.5 Å². The van der Waals surface area contributed by atoms with Gasteiger partial charge >= 0.3 is 0 Å². The molecule has 0 aromatic heterocycles. The number of hydrogen-bond donors (Lipinski definition) is 2. The Labute approximate surface area is 74.5 Å². The van der Waals surface area contributed by atoms with E-state index in [1.807, 2.05) is 0 Å². The van der Waals surface area contributed by atoms with E-state index in [4.69, 9.17) is 5.73 Å². The molecule has 0 aromatic carbocycles. The minimum absolute atomic E-state index is 0.345. The minimum Gasteiger partial charge on any atom is -0.390 e. The third-order valence-corrected chi connectivity index (χ3v) is 2.80. The van der Waals surface area contributed by atoms with Gasteiger partial charge < -0.3 is 15.7 Å². The standard InChI is InChI=1S/C9H20N2O/c1-7-4-11(5-8(7)2)6-9(12)3-10/h7-9,12H,3-6,10H2,1-2H3/t7?,8?,9-/m1/s1. The molecule has 1 aliphatic heterocycles. The Morgan fingerprint density at radius 2 is 1.92 bits per heavy atom. The Morgan fingerprint density at radius 1 is 1.42 bits per heavy atom. The van der Waals surface area contributed by atoms with Gasteiger partial charge in [0.25, 0.3) is 0 Å². The number of hydrogen-bond acceptors (Lipinski definition) is 3. The van der Waals surface area contributed by atoms with E-state index in [2.05, 4.69) is 18.7 Å². The highest BCUT2D eigenvalue weighted by atomic mass is 16.3. The second kappa shape index (κ2) is 4.21. The molecule has 1 heterocycles. The number of aliphatic hydroxyl groups excluding tert-OH is 1. The fraction of sp³-hybridized carbons (Fsp3) is 1.00. The van der Waals surface area contributed by atoms with E-state index >= 15 is 0 Å². The molecule has 72 valence electrons. The lowest BCUT2D eigenvalue weighted by Gasteiger charge is -2.18. The van der Waals surface area contributed by atoms with Crippen LogP contribution in [-0.4, -0.2) is 42.3 Å². The molecule has 0 amide bonds. The molecular formula is C9H20N2O. The summed E-state index contributed by atoms with van der Waals surface area (Å²) < 4.78 is 0. The largest absolute Gasteiger partial charge is 0.390 e. The van der Waals surface area contributed by atoms with Crippen molar-refractivity contribution in [3.63, 3.8) is 0 Å². The van der Waals surface area contributed by atoms with Crippen LogP contribution < -0.4 is 5.73 Å². The van der Waals surface area contributed by atoms with Crippen molar-refractivity contribution in [3.8, 4) is 0 Å². The molecule has 0 spiro atoms. The van der Waals surface area contributed by atoms with Crippen LogP contribution >= 0.6 is 0 Å². The maximum absolute atomic E-state index is 9.32. The molecule has 3 heteroatoms. The van der Waals surface area contributed by atoms with Gasteiger partial charge in [-0.05, 0) is 11.8 Å². The summed E-state index contributed by atoms with van der Waals surface area (Å²) in [7, 11) is 0. The molecule has 3 atom stereocenters. The fourth-order valence-electron chi connectivity index (χ4n) is 1.77. The van der Waals surface area contributed by atoms with Crippen LogP contribution in [0.2, 0.25) is 0 Å². The minimum atomic E-state index is -0.345. The lowest BCUT2D eigenvalue weighted by molar-refractivity contribution is 0.129. The molecule has 3 N–H and O–H groups in total. The predicted octanol–water partition coefficient (Wildman–Crippen LogP) is -0.106. The molecular weight excluding hydrogens is 152 g/mol. The average Bonchev–Trinajstić information content (AvgIpc) is 2.31. The highest BCUT2D eigenvalue weighted by Gasteiger charge is 2.26. The maximum Gasteiger partial charge on any atom is 0.0789 e. The van der Waals surface area contributed by atoms with Crippen LogP contribution in [0.4, 0.5) is 0 Å². The molecule has 1 saturated heterocycles. The monoisotopic (exact) mass is 172 g/mol. The Kier molecular flexibility index (Phi) is 3.50. The highest BCUT2D eigenvalue weighted by molar-refractivity contribution is 4.79. The van der Waals surface area contributed by atoms with Gasteiger partial charge in [0, 0.05) is 26.2 Å². The number of likely N-dealkylation sites (tertiary alicyclic amines) is 1. The lowest BCUT2D eigenvalue weighted by Crippen LogP contribution is -2.35. The van der Waals surface area contributed by atoms with Crippen molar-refractivity contribution < 1.29 is 5.11 Å². The second-order valence-electron chi connectivity index (χ2n) is 4.06. The van der Waals surface area contributed by atoms with Crippen LogP contribution in [0.5, 0.6) is 0 Å². The lowest BCUT2D eigenvalue weighted by atomic mass is 10.0. The third kappa shape index (κ3) is 2.44. The fourth-order valence-corrected chi connectivity index (χ4v) is 1.77. The zero-order valence-corrected chi connectivity index (χ0v) is 8.03. The quantitative estimate of drug-likeness (QED) is 0.624. The summed E-state index contributed by atoms with van der Waals surface area (Å²) in [5.41, 5.74) is 5.34. The van der Waals surface area contributed by atoms with E-state index in [1.54, 1.807) is 0 Å². The summed E-state index contributed by atoms with van der Waals surface area (Å²) in [5, 5.41) is 9.32. The van der Waals surface area contributed by atoms with Crippen molar-refractivity contribution in [1.29, 1.82) is 0 Å². The third-order valence-electron chi connectivity index (χ3n) is 2.80. The van der Waals surface area contributed by atoms with Gasteiger partial charge in [-0.1, -0.05) is 13.8 Å². The van der Waals surface area contributed by atoms with Gasteiger partial charge in [-0.2, -0.15) is 0 Å². The first-order valence-electron chi connectivity index (χ1n) is 4.74. The highest BCUT2D eigenvalue weighted by Crippen LogP contribution is 2.21. The van der Waals surface area contributed by atoms with Crippen LogP contribution in [0.1, 0.15) is 13.8 Å². The Morgan fingerprint density at radius 3 is 2.33 bits per heavy atom. The second-order valence-corrected chi connectivity index (χ2v) is 4.06.